The lowest BCUT2D eigenvalue weighted by Crippen LogP contribution is -2.26. The molecule has 94 heavy (non-hydrogen) atoms. The Kier molecular flexibility index (Phi) is 12.2. The average molecular weight is 1200 g/mol. The summed E-state index contributed by atoms with van der Waals surface area (Å²) in [5.74, 6) is 3.57. The third kappa shape index (κ3) is 8.43. The van der Waals surface area contributed by atoms with Crippen LogP contribution in [-0.4, -0.2) is 43.6 Å². The molecule has 10 nitrogen and oxygen atoms in total. The van der Waals surface area contributed by atoms with Gasteiger partial charge in [-0.15, -0.1) is 0 Å². The summed E-state index contributed by atoms with van der Waals surface area (Å²) in [5, 5.41) is 5.67. The second-order valence-corrected chi connectivity index (χ2v) is 24.2. The molecule has 2 aliphatic rings. The molecule has 10 heteroatoms. The lowest BCUT2D eigenvalue weighted by Gasteiger charge is -2.34. The van der Waals surface area contributed by atoms with Crippen LogP contribution in [0.4, 0.5) is 11.4 Å². The van der Waals surface area contributed by atoms with Gasteiger partial charge in [-0.1, -0.05) is 261 Å². The number of nitrogens with zero attached hydrogens (tertiary/aromatic N) is 10. The van der Waals surface area contributed by atoms with Crippen molar-refractivity contribution in [3.63, 3.8) is 0 Å². The van der Waals surface area contributed by atoms with Gasteiger partial charge in [-0.05, 0) is 71.3 Å². The molecule has 1 aliphatic heterocycles. The first-order chi connectivity index (χ1) is 46.6. The Hall–Kier alpha value is -12.7. The first kappa shape index (κ1) is 53.2. The van der Waals surface area contributed by atoms with Crippen molar-refractivity contribution in [3.05, 3.63) is 326 Å². The first-order valence-electron chi connectivity index (χ1n) is 31.9. The van der Waals surface area contributed by atoms with E-state index in [4.69, 9.17) is 29.9 Å². The maximum atomic E-state index is 5.44. The quantitative estimate of drug-likeness (QED) is 0.135. The average Bonchev–Trinajstić information content (AvgIpc) is 1.52. The van der Waals surface area contributed by atoms with Crippen LogP contribution in [0.5, 0.6) is 0 Å². The van der Waals surface area contributed by atoms with Crippen molar-refractivity contribution in [2.75, 3.05) is 4.90 Å². The summed E-state index contributed by atoms with van der Waals surface area (Å²) in [5.41, 5.74) is 20.1. The fourth-order valence-electron chi connectivity index (χ4n) is 14.8. The maximum Gasteiger partial charge on any atom is 0.238 e. The lowest BCUT2D eigenvalue weighted by atomic mass is 9.85. The fourth-order valence-corrected chi connectivity index (χ4v) is 14.8. The standard InChI is InChI=1S/C84H54N10/c1-7-25-53(26-8-1)79-85-80(54-27-9-2-10-28-54)87-83(86-79)59-35-23-33-57(51-59)58-34-24-40-62(52-58)91-71-43-21-19-41-63(71)65-45-47-67-68-49-50-69-70-48-46-66-64-42-20-22-44-72(64)94(84-89-81(55-29-11-3-12-30-55)88-82(90-84)56-31-13-4-14-32-56)78(66)77(70)93(61-38-17-6-18-39-61)76(69)75(68)92(74(67)73(65)91)60-36-15-5-16-37-60/h1-52,67,74H. The summed E-state index contributed by atoms with van der Waals surface area (Å²) >= 11 is 0. The number of hydrogen-bond acceptors (Lipinski definition) is 7. The molecule has 5 aromatic heterocycles. The van der Waals surface area contributed by atoms with Crippen LogP contribution in [0.15, 0.2) is 309 Å². The van der Waals surface area contributed by atoms with Gasteiger partial charge in [0.15, 0.2) is 29.1 Å². The van der Waals surface area contributed by atoms with Crippen molar-refractivity contribution < 1.29 is 0 Å². The lowest BCUT2D eigenvalue weighted by molar-refractivity contribution is 0.636. The molecule has 17 aromatic rings. The van der Waals surface area contributed by atoms with Crippen LogP contribution in [0.1, 0.15) is 28.8 Å². The van der Waals surface area contributed by atoms with Crippen molar-refractivity contribution in [2.24, 2.45) is 0 Å². The Balaban J connectivity index is 0.827. The number of fused-ring (bicyclic) bond motifs is 15. The molecule has 12 aromatic carbocycles. The third-order valence-electron chi connectivity index (χ3n) is 18.8. The molecule has 440 valence electrons. The van der Waals surface area contributed by atoms with Crippen LogP contribution in [0.2, 0.25) is 0 Å². The van der Waals surface area contributed by atoms with Gasteiger partial charge in [0.1, 0.15) is 0 Å². The highest BCUT2D eigenvalue weighted by molar-refractivity contribution is 6.25. The highest BCUT2D eigenvalue weighted by Gasteiger charge is 2.46. The predicted octanol–water partition coefficient (Wildman–Crippen LogP) is 20.2. The molecule has 19 rings (SSSR count). The zero-order chi connectivity index (χ0) is 61.8. The minimum Gasteiger partial charge on any atom is -0.329 e. The molecule has 6 heterocycles. The molecule has 1 aliphatic carbocycles. The largest absolute Gasteiger partial charge is 0.329 e. The highest BCUT2D eigenvalue weighted by atomic mass is 15.3. The molecule has 2 atom stereocenters. The summed E-state index contributed by atoms with van der Waals surface area (Å²) in [7, 11) is 0. The van der Waals surface area contributed by atoms with Gasteiger partial charge in [-0.2, -0.15) is 9.97 Å². The number of hydrogen-bond donors (Lipinski definition) is 0. The number of para-hydroxylation sites is 4. The van der Waals surface area contributed by atoms with E-state index in [-0.39, 0.29) is 12.0 Å². The second-order valence-electron chi connectivity index (χ2n) is 24.2. The van der Waals surface area contributed by atoms with Crippen molar-refractivity contribution >= 4 is 72.0 Å². The Morgan fingerprint density at radius 1 is 0.277 bits per heavy atom. The van der Waals surface area contributed by atoms with Crippen LogP contribution >= 0.6 is 0 Å². The van der Waals surface area contributed by atoms with Gasteiger partial charge < -0.3 is 14.0 Å². The molecule has 0 spiro atoms. The third-order valence-corrected chi connectivity index (χ3v) is 18.8. The van der Waals surface area contributed by atoms with Crippen LogP contribution in [0.25, 0.3) is 146 Å². The van der Waals surface area contributed by atoms with Gasteiger partial charge in [0.25, 0.3) is 0 Å². The van der Waals surface area contributed by atoms with Gasteiger partial charge in [0.05, 0.1) is 45.0 Å². The molecule has 0 radical (unpaired) electrons. The second kappa shape index (κ2) is 21.5. The molecular weight excluding hydrogens is 1150 g/mol. The van der Waals surface area contributed by atoms with E-state index in [9.17, 15) is 0 Å². The van der Waals surface area contributed by atoms with Crippen LogP contribution in [-0.2, 0) is 0 Å². The monoisotopic (exact) mass is 1200 g/mol. The van der Waals surface area contributed by atoms with E-state index in [1.54, 1.807) is 0 Å². The van der Waals surface area contributed by atoms with E-state index < -0.39 is 0 Å². The minimum atomic E-state index is -0.171. The molecule has 2 unspecified atom stereocenters. The molecule has 0 bridgehead atoms. The number of benzene rings is 12. The zero-order valence-corrected chi connectivity index (χ0v) is 50.6. The smallest absolute Gasteiger partial charge is 0.238 e. The van der Waals surface area contributed by atoms with E-state index in [0.717, 1.165) is 111 Å². The number of aromatic nitrogens is 9. The van der Waals surface area contributed by atoms with Gasteiger partial charge in [-0.25, -0.2) is 19.9 Å². The topological polar surface area (TPSA) is 95.4 Å². The van der Waals surface area contributed by atoms with Gasteiger partial charge >= 0.3 is 0 Å². The van der Waals surface area contributed by atoms with Crippen LogP contribution in [0.3, 0.4) is 0 Å². The van der Waals surface area contributed by atoms with E-state index in [1.165, 1.54) is 22.2 Å². The van der Waals surface area contributed by atoms with E-state index in [1.807, 2.05) is 97.1 Å². The Morgan fingerprint density at radius 3 is 1.29 bits per heavy atom. The number of rotatable bonds is 10. The number of anilines is 2. The van der Waals surface area contributed by atoms with Gasteiger partial charge in [-0.3, -0.25) is 4.57 Å². The summed E-state index contributed by atoms with van der Waals surface area (Å²) in [6, 6.07) is 107. The van der Waals surface area contributed by atoms with Crippen molar-refractivity contribution in [3.8, 4) is 85.4 Å². The van der Waals surface area contributed by atoms with Gasteiger partial charge in [0, 0.05) is 83.3 Å². The van der Waals surface area contributed by atoms with E-state index >= 15 is 0 Å². The molecule has 0 saturated carbocycles. The summed E-state index contributed by atoms with van der Waals surface area (Å²) in [6.45, 7) is 0. The molecular formula is C84H54N10. The predicted molar refractivity (Wildman–Crippen MR) is 381 cm³/mol. The van der Waals surface area contributed by atoms with Gasteiger partial charge in [0.2, 0.25) is 5.95 Å². The SMILES string of the molecule is C1=CC2c3ccc4c5ccc6c7ccccc7n(-c7nc(-c8ccccc8)nc(-c8ccccc8)n7)c6c5n(-c5ccccc5)c4c3N(c3ccccc3)C2c2c1c1ccccc1n2-c1cccc(-c2cccc(-c3nc(-c4ccccc4)nc(-c4ccccc4)n3)c2)c1. The summed E-state index contributed by atoms with van der Waals surface area (Å²) in [4.78, 5) is 33.9. The minimum absolute atomic E-state index is 0.0383. The van der Waals surface area contributed by atoms with Crippen molar-refractivity contribution in [2.45, 2.75) is 12.0 Å². The molecule has 0 N–H and O–H groups in total. The van der Waals surface area contributed by atoms with Crippen LogP contribution < -0.4 is 4.90 Å². The van der Waals surface area contributed by atoms with Crippen molar-refractivity contribution in [1.82, 2.24) is 43.6 Å². The highest BCUT2D eigenvalue weighted by Crippen LogP contribution is 2.60. The first-order valence-corrected chi connectivity index (χ1v) is 31.9. The Bertz CT molecular complexity index is 5750. The van der Waals surface area contributed by atoms with E-state index in [2.05, 4.69) is 237 Å². The van der Waals surface area contributed by atoms with Crippen LogP contribution in [0, 0.1) is 0 Å². The normalized spacial score (nSPS) is 14.1. The molecule has 0 saturated heterocycles. The summed E-state index contributed by atoms with van der Waals surface area (Å²) in [6.07, 6.45) is 4.86. The maximum absolute atomic E-state index is 5.44. The van der Waals surface area contributed by atoms with E-state index in [0.29, 0.717) is 35.1 Å². The fraction of sp³-hybridized carbons (Fsp3) is 0.0238. The van der Waals surface area contributed by atoms with Crippen molar-refractivity contribution in [1.29, 1.82) is 0 Å². The summed E-state index contributed by atoms with van der Waals surface area (Å²) < 4.78 is 7.36. The Morgan fingerprint density at radius 2 is 0.691 bits per heavy atom. The zero-order valence-electron chi connectivity index (χ0n) is 50.6. The molecule has 0 amide bonds. The Labute approximate surface area is 541 Å². The molecule has 0 fully saturated rings.